The van der Waals surface area contributed by atoms with Gasteiger partial charge in [0.1, 0.15) is 12.3 Å². The summed E-state index contributed by atoms with van der Waals surface area (Å²) >= 11 is 0. The smallest absolute Gasteiger partial charge is 0.264 e. The number of nitrogens with zero attached hydrogens (tertiary/aromatic N) is 1. The summed E-state index contributed by atoms with van der Waals surface area (Å²) in [6.07, 6.45) is 0.940. The summed E-state index contributed by atoms with van der Waals surface area (Å²) in [5, 5.41) is 2.92. The molecule has 3 aromatic carbocycles. The topological polar surface area (TPSA) is 75.7 Å². The van der Waals surface area contributed by atoms with E-state index in [2.05, 4.69) is 12.2 Å². The normalized spacial score (nSPS) is 12.1. The minimum Gasteiger partial charge on any atom is -0.494 e. The van der Waals surface area contributed by atoms with E-state index in [0.717, 1.165) is 16.3 Å². The molecule has 1 amide bonds. The molecule has 7 heteroatoms. The number of aryl methyl sites for hydroxylation is 1. The van der Waals surface area contributed by atoms with Gasteiger partial charge >= 0.3 is 0 Å². The maximum atomic E-state index is 13.4. The van der Waals surface area contributed by atoms with Gasteiger partial charge in [0.15, 0.2) is 0 Å². The molecule has 0 aliphatic heterocycles. The lowest BCUT2D eigenvalue weighted by Crippen LogP contribution is -2.41. The Bertz CT molecular complexity index is 1150. The van der Waals surface area contributed by atoms with E-state index in [1.807, 2.05) is 38.1 Å². The van der Waals surface area contributed by atoms with Gasteiger partial charge in [0.2, 0.25) is 5.91 Å². The molecule has 0 aliphatic rings. The highest BCUT2D eigenvalue weighted by Crippen LogP contribution is 2.26. The van der Waals surface area contributed by atoms with Crippen LogP contribution in [0.3, 0.4) is 0 Å². The molecule has 1 atom stereocenters. The summed E-state index contributed by atoms with van der Waals surface area (Å²) in [5.41, 5.74) is 2.56. The largest absolute Gasteiger partial charge is 0.494 e. The lowest BCUT2D eigenvalue weighted by atomic mass is 10.1. The fourth-order valence-electron chi connectivity index (χ4n) is 3.45. The second kappa shape index (κ2) is 11.0. The van der Waals surface area contributed by atoms with Crippen LogP contribution in [0.4, 0.5) is 5.69 Å². The molecule has 1 N–H and O–H groups in total. The Morgan fingerprint density at radius 1 is 0.939 bits per heavy atom. The van der Waals surface area contributed by atoms with Crippen LogP contribution in [0.5, 0.6) is 5.75 Å². The molecule has 0 aromatic heterocycles. The first-order valence-corrected chi connectivity index (χ1v) is 12.5. The summed E-state index contributed by atoms with van der Waals surface area (Å²) in [6, 6.07) is 22.6. The number of ether oxygens (including phenoxy) is 1. The Balaban J connectivity index is 1.84. The lowest BCUT2D eigenvalue weighted by Gasteiger charge is -2.25. The van der Waals surface area contributed by atoms with Crippen molar-refractivity contribution >= 4 is 21.6 Å². The fraction of sp³-hybridized carbons (Fsp3) is 0.269. The van der Waals surface area contributed by atoms with Crippen molar-refractivity contribution in [2.75, 3.05) is 17.5 Å². The summed E-state index contributed by atoms with van der Waals surface area (Å²) in [6.45, 7) is 6.00. The molecule has 6 nitrogen and oxygen atoms in total. The van der Waals surface area contributed by atoms with E-state index < -0.39 is 15.9 Å². The average molecular weight is 467 g/mol. The van der Waals surface area contributed by atoms with E-state index in [1.165, 1.54) is 17.7 Å². The molecule has 0 radical (unpaired) electrons. The molecule has 3 rings (SSSR count). The zero-order valence-electron chi connectivity index (χ0n) is 19.2. The molecule has 0 bridgehead atoms. The van der Waals surface area contributed by atoms with Crippen molar-refractivity contribution < 1.29 is 17.9 Å². The van der Waals surface area contributed by atoms with Crippen LogP contribution in [0, 0.1) is 0 Å². The number of nitrogens with one attached hydrogen (secondary N) is 1. The zero-order valence-corrected chi connectivity index (χ0v) is 20.0. The third-order valence-corrected chi connectivity index (χ3v) is 7.11. The summed E-state index contributed by atoms with van der Waals surface area (Å²) < 4.78 is 33.4. The van der Waals surface area contributed by atoms with Crippen LogP contribution in [-0.4, -0.2) is 27.5 Å². The number of rotatable bonds is 10. The molecule has 0 saturated carbocycles. The highest BCUT2D eigenvalue weighted by molar-refractivity contribution is 7.92. The molecule has 0 aliphatic carbocycles. The minimum atomic E-state index is -3.95. The van der Waals surface area contributed by atoms with Gasteiger partial charge in [-0.05, 0) is 67.8 Å². The van der Waals surface area contributed by atoms with Crippen LogP contribution >= 0.6 is 0 Å². The molecule has 0 unspecified atom stereocenters. The van der Waals surface area contributed by atoms with Gasteiger partial charge in [-0.25, -0.2) is 8.42 Å². The third-order valence-electron chi connectivity index (χ3n) is 5.32. The highest BCUT2D eigenvalue weighted by Gasteiger charge is 2.27. The average Bonchev–Trinajstić information content (AvgIpc) is 2.84. The molecule has 174 valence electrons. The Hall–Kier alpha value is -3.32. The van der Waals surface area contributed by atoms with E-state index in [0.29, 0.717) is 18.0 Å². The van der Waals surface area contributed by atoms with Gasteiger partial charge in [0.25, 0.3) is 10.0 Å². The van der Waals surface area contributed by atoms with Gasteiger partial charge in [-0.3, -0.25) is 9.10 Å². The van der Waals surface area contributed by atoms with Crippen molar-refractivity contribution in [1.82, 2.24) is 5.32 Å². The van der Waals surface area contributed by atoms with Gasteiger partial charge in [0.05, 0.1) is 23.2 Å². The molecular formula is C26H30N2O4S. The lowest BCUT2D eigenvalue weighted by molar-refractivity contribution is -0.120. The van der Waals surface area contributed by atoms with Crippen LogP contribution in [0.15, 0.2) is 83.8 Å². The standard InChI is InChI=1S/C26H30N2O4S/c1-4-21-11-13-22(14-12-21)20(3)27-26(29)19-28(23-15-17-24(18-16-23)32-5-2)33(30,31)25-9-7-6-8-10-25/h6-18,20H,4-5,19H2,1-3H3,(H,27,29)/t20-/m1/s1. The number of benzene rings is 3. The van der Waals surface area contributed by atoms with E-state index in [1.54, 1.807) is 42.5 Å². The molecule has 0 saturated heterocycles. The quantitative estimate of drug-likeness (QED) is 0.469. The Morgan fingerprint density at radius 2 is 1.58 bits per heavy atom. The summed E-state index contributed by atoms with van der Waals surface area (Å²) in [4.78, 5) is 13.1. The van der Waals surface area contributed by atoms with E-state index in [-0.39, 0.29) is 17.5 Å². The molecule has 3 aromatic rings. The van der Waals surface area contributed by atoms with E-state index >= 15 is 0 Å². The summed E-state index contributed by atoms with van der Waals surface area (Å²) in [7, 11) is -3.95. The first kappa shape index (κ1) is 24.3. The van der Waals surface area contributed by atoms with E-state index in [9.17, 15) is 13.2 Å². The molecule has 0 fully saturated rings. The number of anilines is 1. The predicted molar refractivity (Wildman–Crippen MR) is 131 cm³/mol. The Labute approximate surface area is 196 Å². The van der Waals surface area contributed by atoms with Crippen LogP contribution in [0.25, 0.3) is 0 Å². The van der Waals surface area contributed by atoms with Gasteiger partial charge < -0.3 is 10.1 Å². The maximum Gasteiger partial charge on any atom is 0.264 e. The van der Waals surface area contributed by atoms with Crippen LogP contribution in [0.2, 0.25) is 0 Å². The highest BCUT2D eigenvalue weighted by atomic mass is 32.2. The molecule has 0 heterocycles. The molecule has 33 heavy (non-hydrogen) atoms. The van der Waals surface area contributed by atoms with Crippen molar-refractivity contribution in [2.24, 2.45) is 0 Å². The monoisotopic (exact) mass is 466 g/mol. The van der Waals surface area contributed by atoms with Crippen LogP contribution < -0.4 is 14.4 Å². The van der Waals surface area contributed by atoms with Crippen molar-refractivity contribution in [2.45, 2.75) is 38.1 Å². The maximum absolute atomic E-state index is 13.4. The Kier molecular flexibility index (Phi) is 8.11. The number of hydrogen-bond acceptors (Lipinski definition) is 4. The SMILES string of the molecule is CCOc1ccc(N(CC(=O)N[C@H](C)c2ccc(CC)cc2)S(=O)(=O)c2ccccc2)cc1. The van der Waals surface area contributed by atoms with Crippen molar-refractivity contribution in [3.63, 3.8) is 0 Å². The minimum absolute atomic E-state index is 0.120. The van der Waals surface area contributed by atoms with Crippen molar-refractivity contribution in [1.29, 1.82) is 0 Å². The van der Waals surface area contributed by atoms with Crippen molar-refractivity contribution in [3.8, 4) is 5.75 Å². The van der Waals surface area contributed by atoms with E-state index in [4.69, 9.17) is 4.74 Å². The second-order valence-corrected chi connectivity index (χ2v) is 9.50. The zero-order chi connectivity index (χ0) is 23.8. The Morgan fingerprint density at radius 3 is 2.15 bits per heavy atom. The number of amides is 1. The van der Waals surface area contributed by atoms with Gasteiger partial charge in [-0.2, -0.15) is 0 Å². The van der Waals surface area contributed by atoms with Gasteiger partial charge in [-0.15, -0.1) is 0 Å². The first-order valence-electron chi connectivity index (χ1n) is 11.0. The van der Waals surface area contributed by atoms with Gasteiger partial charge in [-0.1, -0.05) is 49.4 Å². The van der Waals surface area contributed by atoms with Crippen molar-refractivity contribution in [3.05, 3.63) is 90.0 Å². The first-order chi connectivity index (χ1) is 15.8. The third kappa shape index (κ3) is 6.14. The molecule has 0 spiro atoms. The van der Waals surface area contributed by atoms with Crippen LogP contribution in [-0.2, 0) is 21.2 Å². The molecular weight excluding hydrogens is 436 g/mol. The number of carbonyl (C=O) groups excluding carboxylic acids is 1. The second-order valence-electron chi connectivity index (χ2n) is 7.64. The number of carbonyl (C=O) groups is 1. The number of sulfonamides is 1. The predicted octanol–water partition coefficient (Wildman–Crippen LogP) is 4.72. The van der Waals surface area contributed by atoms with Gasteiger partial charge in [0, 0.05) is 0 Å². The van der Waals surface area contributed by atoms with Crippen LogP contribution in [0.1, 0.15) is 37.9 Å². The number of hydrogen-bond donors (Lipinski definition) is 1. The fourth-order valence-corrected chi connectivity index (χ4v) is 4.89. The summed E-state index contributed by atoms with van der Waals surface area (Å²) in [5.74, 6) is 0.238.